The Kier molecular flexibility index (Phi) is 6.42. The molecule has 0 spiro atoms. The van der Waals surface area contributed by atoms with Gasteiger partial charge in [0.2, 0.25) is 0 Å². The van der Waals surface area contributed by atoms with Crippen LogP contribution in [-0.2, 0) is 21.5 Å². The average Bonchev–Trinajstić information content (AvgIpc) is 3.42. The molecule has 2 aliphatic rings. The highest BCUT2D eigenvalue weighted by Crippen LogP contribution is 2.57. The maximum Gasteiger partial charge on any atom is 0.325 e. The van der Waals surface area contributed by atoms with Crippen molar-refractivity contribution >= 4 is 22.2 Å². The second-order valence-electron chi connectivity index (χ2n) is 8.49. The smallest absolute Gasteiger partial charge is 0.325 e. The molecule has 0 aromatic heterocycles. The summed E-state index contributed by atoms with van der Waals surface area (Å²) in [6.07, 6.45) is 0. The first-order valence-corrected chi connectivity index (χ1v) is 12.3. The Balaban J connectivity index is 1.37. The van der Waals surface area contributed by atoms with Crippen LogP contribution in [0.3, 0.4) is 0 Å². The largest absolute Gasteiger partial charge is 0.480 e. The molecule has 2 aromatic carbocycles. The summed E-state index contributed by atoms with van der Waals surface area (Å²) in [5.74, 6) is -2.03. The number of piperazine rings is 1. The molecule has 1 aliphatic carbocycles. The lowest BCUT2D eigenvalue weighted by Crippen LogP contribution is -2.58. The third-order valence-electron chi connectivity index (χ3n) is 6.56. The molecule has 0 radical (unpaired) electrons. The number of rotatable bonds is 7. The fraction of sp³-hybridized carbons (Fsp3) is 0.391. The lowest BCUT2D eigenvalue weighted by atomic mass is 10.1. The molecule has 0 bridgehead atoms. The van der Waals surface area contributed by atoms with Gasteiger partial charge in [-0.05, 0) is 17.0 Å². The van der Waals surface area contributed by atoms with Crippen molar-refractivity contribution in [2.75, 3.05) is 26.2 Å². The summed E-state index contributed by atoms with van der Waals surface area (Å²) in [6.45, 7) is 2.75. The summed E-state index contributed by atoms with van der Waals surface area (Å²) in [6, 6.07) is 18.3. The molecule has 3 N–H and O–H groups in total. The Bertz CT molecular complexity index is 1100. The van der Waals surface area contributed by atoms with Gasteiger partial charge in [0.15, 0.2) is 0 Å². The van der Waals surface area contributed by atoms with Crippen LogP contribution in [0.4, 0.5) is 4.79 Å². The normalized spacial score (nSPS) is 25.4. The second-order valence-corrected chi connectivity index (χ2v) is 10.2. The lowest BCUT2D eigenvalue weighted by Gasteiger charge is -2.34. The van der Waals surface area contributed by atoms with Gasteiger partial charge in [0.05, 0.1) is 0 Å². The molecule has 9 nitrogen and oxygen atoms in total. The van der Waals surface area contributed by atoms with Crippen molar-refractivity contribution in [3.8, 4) is 0 Å². The van der Waals surface area contributed by atoms with Crippen molar-refractivity contribution in [2.24, 2.45) is 5.92 Å². The fourth-order valence-electron chi connectivity index (χ4n) is 4.60. The lowest BCUT2D eigenvalue weighted by molar-refractivity contribution is -0.140. The molecule has 3 atom stereocenters. The molecule has 2 fully saturated rings. The molecule has 1 aliphatic heterocycles. The van der Waals surface area contributed by atoms with E-state index in [1.807, 2.05) is 60.7 Å². The SMILES string of the molecule is CC1[C@@H](c2ccccc2)[C@]1(NS(=O)(=O)N1CCN(C(=O)NCc2ccccc2)CC1)C(=O)O. The number of benzene rings is 2. The van der Waals surface area contributed by atoms with Gasteiger partial charge in [-0.3, -0.25) is 4.79 Å². The van der Waals surface area contributed by atoms with Gasteiger partial charge in [0.1, 0.15) is 5.54 Å². The highest BCUT2D eigenvalue weighted by molar-refractivity contribution is 7.87. The number of carbonyl (C=O) groups excluding carboxylic acids is 1. The summed E-state index contributed by atoms with van der Waals surface area (Å²) < 4.78 is 29.9. The number of nitrogens with zero attached hydrogens (tertiary/aromatic N) is 2. The summed E-state index contributed by atoms with van der Waals surface area (Å²) in [5.41, 5.74) is 0.182. The number of amides is 2. The van der Waals surface area contributed by atoms with Gasteiger partial charge in [0.25, 0.3) is 10.2 Å². The molecule has 33 heavy (non-hydrogen) atoms. The molecule has 2 amide bonds. The summed E-state index contributed by atoms with van der Waals surface area (Å²) >= 11 is 0. The average molecular weight is 473 g/mol. The topological polar surface area (TPSA) is 119 Å². The predicted octanol–water partition coefficient (Wildman–Crippen LogP) is 1.61. The van der Waals surface area contributed by atoms with E-state index in [4.69, 9.17) is 0 Å². The third-order valence-corrected chi connectivity index (χ3v) is 8.20. The van der Waals surface area contributed by atoms with Crippen LogP contribution < -0.4 is 10.0 Å². The van der Waals surface area contributed by atoms with E-state index < -0.39 is 33.6 Å². The van der Waals surface area contributed by atoms with Gasteiger partial charge in [0, 0.05) is 38.6 Å². The van der Waals surface area contributed by atoms with E-state index in [9.17, 15) is 23.1 Å². The van der Waals surface area contributed by atoms with Crippen molar-refractivity contribution in [2.45, 2.75) is 24.9 Å². The molecular weight excluding hydrogens is 444 g/mol. The second kappa shape index (κ2) is 9.12. The first kappa shape index (κ1) is 23.2. The number of urea groups is 1. The minimum atomic E-state index is -4.06. The highest BCUT2D eigenvalue weighted by atomic mass is 32.2. The van der Waals surface area contributed by atoms with Crippen molar-refractivity contribution in [3.05, 3.63) is 71.8 Å². The molecule has 1 saturated heterocycles. The van der Waals surface area contributed by atoms with E-state index in [-0.39, 0.29) is 32.2 Å². The van der Waals surface area contributed by atoms with Gasteiger partial charge in [-0.2, -0.15) is 17.4 Å². The van der Waals surface area contributed by atoms with E-state index in [0.717, 1.165) is 11.1 Å². The van der Waals surface area contributed by atoms with E-state index in [2.05, 4.69) is 10.0 Å². The Labute approximate surface area is 193 Å². The van der Waals surface area contributed by atoms with Gasteiger partial charge in [-0.15, -0.1) is 0 Å². The van der Waals surface area contributed by atoms with Crippen LogP contribution in [0.5, 0.6) is 0 Å². The zero-order valence-corrected chi connectivity index (χ0v) is 19.2. The number of hydrogen-bond acceptors (Lipinski definition) is 4. The van der Waals surface area contributed by atoms with Crippen molar-refractivity contribution < 1.29 is 23.1 Å². The van der Waals surface area contributed by atoms with Gasteiger partial charge in [-0.1, -0.05) is 67.6 Å². The molecule has 176 valence electrons. The van der Waals surface area contributed by atoms with Crippen molar-refractivity contribution in [3.63, 3.8) is 0 Å². The predicted molar refractivity (Wildman–Crippen MR) is 123 cm³/mol. The molecule has 1 heterocycles. The first-order valence-electron chi connectivity index (χ1n) is 10.9. The van der Waals surface area contributed by atoms with Gasteiger partial charge in [-0.25, -0.2) is 4.79 Å². The molecule has 4 rings (SSSR count). The summed E-state index contributed by atoms with van der Waals surface area (Å²) in [4.78, 5) is 26.2. The number of aliphatic carboxylic acids is 1. The van der Waals surface area contributed by atoms with Crippen LogP contribution in [0.15, 0.2) is 60.7 Å². The zero-order valence-electron chi connectivity index (χ0n) is 18.3. The number of carbonyl (C=O) groups is 2. The maximum atomic E-state index is 13.1. The van der Waals surface area contributed by atoms with E-state index in [1.165, 1.54) is 4.31 Å². The van der Waals surface area contributed by atoms with Gasteiger partial charge < -0.3 is 15.3 Å². The molecule has 1 unspecified atom stereocenters. The zero-order chi connectivity index (χ0) is 23.6. The van der Waals surface area contributed by atoms with Crippen LogP contribution in [0.1, 0.15) is 24.0 Å². The van der Waals surface area contributed by atoms with E-state index in [0.29, 0.717) is 6.54 Å². The molecular formula is C23H28N4O5S. The molecule has 10 heteroatoms. The standard InChI is InChI=1S/C23H28N4O5S/c1-17-20(19-10-6-3-7-11-19)23(17,21(28)29)25-33(31,32)27-14-12-26(13-15-27)22(30)24-16-18-8-4-2-5-9-18/h2-11,17,20,25H,12-16H2,1H3,(H,24,30)(H,28,29)/t17?,20-,23-/m0/s1. The Morgan fingerprint density at radius 1 is 1.00 bits per heavy atom. The maximum absolute atomic E-state index is 13.1. The van der Waals surface area contributed by atoms with Gasteiger partial charge >= 0.3 is 12.0 Å². The Morgan fingerprint density at radius 2 is 1.58 bits per heavy atom. The molecule has 1 saturated carbocycles. The van der Waals surface area contributed by atoms with Crippen molar-refractivity contribution in [1.29, 1.82) is 0 Å². The van der Waals surface area contributed by atoms with Crippen LogP contribution in [0.2, 0.25) is 0 Å². The first-order chi connectivity index (χ1) is 15.8. The minimum Gasteiger partial charge on any atom is -0.480 e. The highest BCUT2D eigenvalue weighted by Gasteiger charge is 2.70. The van der Waals surface area contributed by atoms with Crippen LogP contribution >= 0.6 is 0 Å². The Hall–Kier alpha value is -2.95. The van der Waals surface area contributed by atoms with Crippen molar-refractivity contribution in [1.82, 2.24) is 19.2 Å². The number of nitrogens with one attached hydrogen (secondary N) is 2. The number of hydrogen-bond donors (Lipinski definition) is 3. The van der Waals surface area contributed by atoms with Crippen LogP contribution in [-0.4, -0.2) is 66.4 Å². The van der Waals surface area contributed by atoms with E-state index >= 15 is 0 Å². The van der Waals surface area contributed by atoms with Crippen LogP contribution in [0.25, 0.3) is 0 Å². The quantitative estimate of drug-likeness (QED) is 0.566. The molecule has 2 aromatic rings. The minimum absolute atomic E-state index is 0.0914. The summed E-state index contributed by atoms with van der Waals surface area (Å²) in [7, 11) is -4.06. The van der Waals surface area contributed by atoms with E-state index in [1.54, 1.807) is 11.8 Å². The Morgan fingerprint density at radius 3 is 2.15 bits per heavy atom. The third kappa shape index (κ3) is 4.59. The van der Waals surface area contributed by atoms with Crippen LogP contribution in [0, 0.1) is 5.92 Å². The monoisotopic (exact) mass is 472 g/mol. The summed E-state index contributed by atoms with van der Waals surface area (Å²) in [5, 5.41) is 12.8. The fourth-order valence-corrected chi connectivity index (χ4v) is 6.20. The number of carboxylic acid groups (broad SMARTS) is 1. The number of carboxylic acids is 1.